The number of amides is 1. The number of nitrogens with zero attached hydrogens (tertiary/aromatic N) is 1. The Morgan fingerprint density at radius 3 is 2.57 bits per heavy atom. The van der Waals surface area contributed by atoms with E-state index in [1.165, 1.54) is 0 Å². The lowest BCUT2D eigenvalue weighted by Crippen LogP contribution is -2.61. The second-order valence-corrected chi connectivity index (χ2v) is 5.17. The lowest BCUT2D eigenvalue weighted by Gasteiger charge is -2.46. The van der Waals surface area contributed by atoms with E-state index in [0.29, 0.717) is 11.8 Å². The molecule has 2 aliphatic rings. The highest BCUT2D eigenvalue weighted by molar-refractivity contribution is 5.82. The van der Waals surface area contributed by atoms with E-state index in [4.69, 9.17) is 5.73 Å². The third-order valence-corrected chi connectivity index (χ3v) is 3.69. The van der Waals surface area contributed by atoms with Gasteiger partial charge in [0, 0.05) is 18.5 Å². The van der Waals surface area contributed by atoms with E-state index < -0.39 is 0 Å². The molecule has 0 aromatic carbocycles. The molecule has 3 heteroatoms. The SMILES string of the molecule is CC1(C)C(N)CCCN1C(=O)C1CC1. The number of likely N-dealkylation sites (tertiary alicyclic amines) is 1. The van der Waals surface area contributed by atoms with Gasteiger partial charge in [0.25, 0.3) is 0 Å². The van der Waals surface area contributed by atoms with Crippen LogP contribution in [-0.2, 0) is 4.79 Å². The van der Waals surface area contributed by atoms with Crippen molar-refractivity contribution < 1.29 is 4.79 Å². The van der Waals surface area contributed by atoms with Gasteiger partial charge in [-0.05, 0) is 39.5 Å². The molecule has 1 heterocycles. The van der Waals surface area contributed by atoms with Gasteiger partial charge in [0.1, 0.15) is 0 Å². The van der Waals surface area contributed by atoms with Crippen LogP contribution < -0.4 is 5.73 Å². The first-order chi connectivity index (χ1) is 6.53. The first-order valence-corrected chi connectivity index (χ1v) is 5.60. The van der Waals surface area contributed by atoms with Crippen molar-refractivity contribution >= 4 is 5.91 Å². The van der Waals surface area contributed by atoms with Crippen LogP contribution >= 0.6 is 0 Å². The molecule has 2 rings (SSSR count). The molecule has 1 aliphatic carbocycles. The van der Waals surface area contributed by atoms with Gasteiger partial charge in [-0.25, -0.2) is 0 Å². The van der Waals surface area contributed by atoms with Crippen LogP contribution in [-0.4, -0.2) is 28.9 Å². The van der Waals surface area contributed by atoms with Crippen LogP contribution in [0, 0.1) is 5.92 Å². The number of piperidine rings is 1. The predicted molar refractivity (Wildman–Crippen MR) is 55.7 cm³/mol. The second kappa shape index (κ2) is 3.23. The molecule has 0 aromatic heterocycles. The van der Waals surface area contributed by atoms with Crippen LogP contribution in [0.1, 0.15) is 39.5 Å². The van der Waals surface area contributed by atoms with E-state index in [2.05, 4.69) is 13.8 Å². The topological polar surface area (TPSA) is 46.3 Å². The van der Waals surface area contributed by atoms with Gasteiger partial charge < -0.3 is 10.6 Å². The Labute approximate surface area is 85.6 Å². The lowest BCUT2D eigenvalue weighted by atomic mass is 9.85. The van der Waals surface area contributed by atoms with Crippen LogP contribution in [0.2, 0.25) is 0 Å². The standard InChI is InChI=1S/C11H20N2O/c1-11(2)9(12)4-3-7-13(11)10(14)8-5-6-8/h8-9H,3-7,12H2,1-2H3. The third kappa shape index (κ3) is 1.54. The van der Waals surface area contributed by atoms with Crippen molar-refractivity contribution in [1.29, 1.82) is 0 Å². The van der Waals surface area contributed by atoms with Gasteiger partial charge in [0.15, 0.2) is 0 Å². The summed E-state index contributed by atoms with van der Waals surface area (Å²) in [6.07, 6.45) is 4.27. The fourth-order valence-electron chi connectivity index (χ4n) is 2.26. The third-order valence-electron chi connectivity index (χ3n) is 3.69. The fraction of sp³-hybridized carbons (Fsp3) is 0.909. The number of nitrogens with two attached hydrogens (primary N) is 1. The quantitative estimate of drug-likeness (QED) is 0.683. The van der Waals surface area contributed by atoms with Crippen molar-refractivity contribution in [3.05, 3.63) is 0 Å². The summed E-state index contributed by atoms with van der Waals surface area (Å²) in [5, 5.41) is 0. The lowest BCUT2D eigenvalue weighted by molar-refractivity contribution is -0.140. The number of carbonyl (C=O) groups excluding carboxylic acids is 1. The summed E-state index contributed by atoms with van der Waals surface area (Å²) in [6, 6.07) is 0.138. The minimum Gasteiger partial charge on any atom is -0.336 e. The minimum absolute atomic E-state index is 0.138. The molecule has 0 aromatic rings. The van der Waals surface area contributed by atoms with Crippen molar-refractivity contribution in [2.24, 2.45) is 11.7 Å². The van der Waals surface area contributed by atoms with Crippen LogP contribution in [0.4, 0.5) is 0 Å². The van der Waals surface area contributed by atoms with Crippen LogP contribution in [0.25, 0.3) is 0 Å². The highest BCUT2D eigenvalue weighted by Gasteiger charge is 2.43. The zero-order chi connectivity index (χ0) is 10.3. The molecular formula is C11H20N2O. The number of carbonyl (C=O) groups is 1. The molecular weight excluding hydrogens is 176 g/mol. The average Bonchev–Trinajstić information content (AvgIpc) is 2.91. The van der Waals surface area contributed by atoms with Crippen molar-refractivity contribution in [2.75, 3.05) is 6.54 Å². The molecule has 0 radical (unpaired) electrons. The van der Waals surface area contributed by atoms with Gasteiger partial charge >= 0.3 is 0 Å². The number of hydrogen-bond acceptors (Lipinski definition) is 2. The second-order valence-electron chi connectivity index (χ2n) is 5.17. The van der Waals surface area contributed by atoms with Gasteiger partial charge in [-0.15, -0.1) is 0 Å². The average molecular weight is 196 g/mol. The first kappa shape index (κ1) is 9.97. The fourth-order valence-corrected chi connectivity index (χ4v) is 2.26. The van der Waals surface area contributed by atoms with E-state index in [9.17, 15) is 4.79 Å². The Hall–Kier alpha value is -0.570. The normalized spacial score (nSPS) is 31.6. The van der Waals surface area contributed by atoms with Gasteiger partial charge in [-0.2, -0.15) is 0 Å². The monoisotopic (exact) mass is 196 g/mol. The van der Waals surface area contributed by atoms with Gasteiger partial charge in [-0.1, -0.05) is 0 Å². The Balaban J connectivity index is 2.11. The molecule has 0 bridgehead atoms. The Bertz CT molecular complexity index is 246. The zero-order valence-corrected chi connectivity index (χ0v) is 9.12. The molecule has 2 N–H and O–H groups in total. The minimum atomic E-state index is -0.141. The van der Waals surface area contributed by atoms with Crippen LogP contribution in [0.3, 0.4) is 0 Å². The highest BCUT2D eigenvalue weighted by Crippen LogP contribution is 2.36. The van der Waals surface area contributed by atoms with E-state index in [1.54, 1.807) is 0 Å². The molecule has 1 saturated carbocycles. The van der Waals surface area contributed by atoms with Crippen molar-refractivity contribution in [1.82, 2.24) is 4.90 Å². The van der Waals surface area contributed by atoms with E-state index >= 15 is 0 Å². The maximum atomic E-state index is 12.0. The number of hydrogen-bond donors (Lipinski definition) is 1. The first-order valence-electron chi connectivity index (χ1n) is 5.60. The number of rotatable bonds is 1. The largest absolute Gasteiger partial charge is 0.336 e. The van der Waals surface area contributed by atoms with Crippen LogP contribution in [0.15, 0.2) is 0 Å². The Morgan fingerprint density at radius 2 is 2.00 bits per heavy atom. The van der Waals surface area contributed by atoms with Crippen molar-refractivity contribution in [2.45, 2.75) is 51.1 Å². The molecule has 1 atom stereocenters. The highest BCUT2D eigenvalue weighted by atomic mass is 16.2. The van der Waals surface area contributed by atoms with Crippen LogP contribution in [0.5, 0.6) is 0 Å². The molecule has 14 heavy (non-hydrogen) atoms. The van der Waals surface area contributed by atoms with E-state index in [1.807, 2.05) is 4.90 Å². The van der Waals surface area contributed by atoms with Crippen molar-refractivity contribution in [3.63, 3.8) is 0 Å². The Kier molecular flexibility index (Phi) is 2.30. The van der Waals surface area contributed by atoms with E-state index in [-0.39, 0.29) is 11.6 Å². The van der Waals surface area contributed by atoms with Gasteiger partial charge in [-0.3, -0.25) is 4.79 Å². The summed E-state index contributed by atoms with van der Waals surface area (Å²) in [5.74, 6) is 0.657. The summed E-state index contributed by atoms with van der Waals surface area (Å²) in [6.45, 7) is 5.09. The summed E-state index contributed by atoms with van der Waals surface area (Å²) in [7, 11) is 0. The summed E-state index contributed by atoms with van der Waals surface area (Å²) < 4.78 is 0. The smallest absolute Gasteiger partial charge is 0.226 e. The van der Waals surface area contributed by atoms with Gasteiger partial charge in [0.2, 0.25) is 5.91 Å². The molecule has 1 saturated heterocycles. The molecule has 2 fully saturated rings. The van der Waals surface area contributed by atoms with Gasteiger partial charge in [0.05, 0.1) is 5.54 Å². The maximum Gasteiger partial charge on any atom is 0.226 e. The molecule has 0 spiro atoms. The molecule has 1 amide bonds. The maximum absolute atomic E-state index is 12.0. The molecule has 1 aliphatic heterocycles. The van der Waals surface area contributed by atoms with Crippen molar-refractivity contribution in [3.8, 4) is 0 Å². The molecule has 80 valence electrons. The summed E-state index contributed by atoms with van der Waals surface area (Å²) >= 11 is 0. The summed E-state index contributed by atoms with van der Waals surface area (Å²) in [4.78, 5) is 14.0. The molecule has 1 unspecified atom stereocenters. The van der Waals surface area contributed by atoms with E-state index in [0.717, 1.165) is 32.2 Å². The summed E-state index contributed by atoms with van der Waals surface area (Å²) in [5.41, 5.74) is 5.93. The molecule has 3 nitrogen and oxygen atoms in total. The Morgan fingerprint density at radius 1 is 1.36 bits per heavy atom. The predicted octanol–water partition coefficient (Wildman–Crippen LogP) is 1.12. The zero-order valence-electron chi connectivity index (χ0n) is 9.12.